The van der Waals surface area contributed by atoms with Crippen LogP contribution in [0.15, 0.2) is 42.5 Å². The van der Waals surface area contributed by atoms with Crippen LogP contribution in [0.5, 0.6) is 0 Å². The molecule has 3 atom stereocenters. The highest BCUT2D eigenvalue weighted by atomic mass is 19.1. The Labute approximate surface area is 198 Å². The zero-order valence-corrected chi connectivity index (χ0v) is 19.2. The summed E-state index contributed by atoms with van der Waals surface area (Å²) in [6.07, 6.45) is 4.04. The van der Waals surface area contributed by atoms with Crippen LogP contribution in [0.3, 0.4) is 0 Å². The molecule has 1 heterocycles. The number of carbonyl (C=O) groups is 3. The lowest BCUT2D eigenvalue weighted by Crippen LogP contribution is -2.59. The minimum Gasteiger partial charge on any atom is -0.481 e. The number of aliphatic carboxylic acids is 1. The molecule has 2 aromatic rings. The van der Waals surface area contributed by atoms with Gasteiger partial charge >= 0.3 is 5.97 Å². The van der Waals surface area contributed by atoms with Crippen LogP contribution in [0.1, 0.15) is 73.0 Å². The van der Waals surface area contributed by atoms with Gasteiger partial charge in [0.15, 0.2) is 0 Å². The Morgan fingerprint density at radius 1 is 1.03 bits per heavy atom. The molecule has 0 bridgehead atoms. The van der Waals surface area contributed by atoms with Crippen molar-refractivity contribution in [3.8, 4) is 0 Å². The molecule has 7 heteroatoms. The zero-order valence-electron chi connectivity index (χ0n) is 19.2. The maximum Gasteiger partial charge on any atom is 0.303 e. The predicted molar refractivity (Wildman–Crippen MR) is 125 cm³/mol. The third kappa shape index (κ3) is 3.97. The van der Waals surface area contributed by atoms with Gasteiger partial charge < -0.3 is 14.9 Å². The van der Waals surface area contributed by atoms with E-state index in [1.807, 2.05) is 29.2 Å². The van der Waals surface area contributed by atoms with Gasteiger partial charge in [0.2, 0.25) is 5.91 Å². The van der Waals surface area contributed by atoms with Crippen molar-refractivity contribution in [2.45, 2.75) is 70.0 Å². The molecule has 2 fully saturated rings. The van der Waals surface area contributed by atoms with Crippen LogP contribution in [0, 0.1) is 11.7 Å². The van der Waals surface area contributed by atoms with Gasteiger partial charge in [-0.3, -0.25) is 14.4 Å². The van der Waals surface area contributed by atoms with E-state index < -0.39 is 11.8 Å². The normalized spacial score (nSPS) is 22.9. The van der Waals surface area contributed by atoms with E-state index in [2.05, 4.69) is 6.92 Å². The molecule has 2 aliphatic carbocycles. The van der Waals surface area contributed by atoms with Crippen LogP contribution >= 0.6 is 0 Å². The third-order valence-corrected chi connectivity index (χ3v) is 7.51. The fourth-order valence-corrected chi connectivity index (χ4v) is 5.50. The topological polar surface area (TPSA) is 77.9 Å². The molecular formula is C27H29FN2O4. The van der Waals surface area contributed by atoms with Crippen molar-refractivity contribution >= 4 is 23.5 Å². The van der Waals surface area contributed by atoms with Gasteiger partial charge in [-0.15, -0.1) is 0 Å². The molecule has 0 radical (unpaired) electrons. The number of hydrogen-bond acceptors (Lipinski definition) is 3. The van der Waals surface area contributed by atoms with Crippen LogP contribution in [-0.2, 0) is 16.0 Å². The Kier molecular flexibility index (Phi) is 5.88. The Hall–Kier alpha value is -3.22. The van der Waals surface area contributed by atoms with Crippen molar-refractivity contribution in [3.63, 3.8) is 0 Å². The molecule has 0 aromatic heterocycles. The van der Waals surface area contributed by atoms with Gasteiger partial charge in [0.1, 0.15) is 5.82 Å². The second-order valence-electron chi connectivity index (χ2n) is 9.61. The molecule has 2 aromatic carbocycles. The van der Waals surface area contributed by atoms with Crippen molar-refractivity contribution in [1.82, 2.24) is 4.90 Å². The number of aryl methyl sites for hydroxylation is 1. The Balaban J connectivity index is 1.54. The SMILES string of the molecule is CCc1ccc(C(=O)N2c3cc(F)ccc3[C@H](N(C(=O)CCC(=O)O)C3CC3)[C@H]3CC[C@H]32)cc1. The van der Waals surface area contributed by atoms with E-state index in [-0.39, 0.29) is 48.7 Å². The third-order valence-electron chi connectivity index (χ3n) is 7.51. The van der Waals surface area contributed by atoms with E-state index >= 15 is 0 Å². The fourth-order valence-electron chi connectivity index (χ4n) is 5.50. The first-order chi connectivity index (χ1) is 16.4. The molecule has 1 aliphatic heterocycles. The molecule has 6 nitrogen and oxygen atoms in total. The van der Waals surface area contributed by atoms with E-state index in [4.69, 9.17) is 5.11 Å². The lowest BCUT2D eigenvalue weighted by molar-refractivity contribution is -0.143. The highest BCUT2D eigenvalue weighted by Crippen LogP contribution is 2.54. The molecular weight excluding hydrogens is 435 g/mol. The van der Waals surface area contributed by atoms with E-state index in [1.54, 1.807) is 11.0 Å². The molecule has 3 aliphatic rings. The number of hydrogen-bond donors (Lipinski definition) is 1. The number of halogens is 1. The van der Waals surface area contributed by atoms with Crippen molar-refractivity contribution in [3.05, 3.63) is 65.0 Å². The summed E-state index contributed by atoms with van der Waals surface area (Å²) in [6, 6.07) is 11.7. The van der Waals surface area contributed by atoms with E-state index in [0.717, 1.165) is 43.2 Å². The minimum atomic E-state index is -0.998. The zero-order chi connectivity index (χ0) is 24.0. The van der Waals surface area contributed by atoms with Crippen LogP contribution in [-0.4, -0.2) is 39.9 Å². The van der Waals surface area contributed by atoms with Gasteiger partial charge in [-0.1, -0.05) is 25.1 Å². The van der Waals surface area contributed by atoms with Gasteiger partial charge in [-0.2, -0.15) is 0 Å². The average molecular weight is 465 g/mol. The predicted octanol–water partition coefficient (Wildman–Crippen LogP) is 4.72. The average Bonchev–Trinajstić information content (AvgIpc) is 3.64. The molecule has 0 saturated heterocycles. The molecule has 1 N–H and O–H groups in total. The highest BCUT2D eigenvalue weighted by molar-refractivity contribution is 6.07. The quantitative estimate of drug-likeness (QED) is 0.643. The number of anilines is 1. The number of carbonyl (C=O) groups excluding carboxylic acids is 2. The minimum absolute atomic E-state index is 0.0474. The second-order valence-corrected chi connectivity index (χ2v) is 9.61. The van der Waals surface area contributed by atoms with Gasteiger partial charge in [0.05, 0.1) is 18.2 Å². The van der Waals surface area contributed by atoms with Crippen LogP contribution in [0.2, 0.25) is 0 Å². The molecule has 2 amide bonds. The maximum absolute atomic E-state index is 14.5. The number of amides is 2. The molecule has 0 spiro atoms. The summed E-state index contributed by atoms with van der Waals surface area (Å²) in [5.41, 5.74) is 3.00. The first kappa shape index (κ1) is 22.6. The molecule has 5 rings (SSSR count). The van der Waals surface area contributed by atoms with Crippen molar-refractivity contribution in [2.24, 2.45) is 5.92 Å². The van der Waals surface area contributed by atoms with E-state index in [1.165, 1.54) is 12.1 Å². The summed E-state index contributed by atoms with van der Waals surface area (Å²) in [7, 11) is 0. The van der Waals surface area contributed by atoms with Crippen molar-refractivity contribution in [1.29, 1.82) is 0 Å². The molecule has 178 valence electrons. The standard InChI is InChI=1S/C27H29FN2O4/c1-2-16-3-5-17(6-4-16)27(34)30-22-12-11-20(22)26(21-10-7-18(28)15-23(21)30)29(19-8-9-19)24(31)13-14-25(32)33/h3-7,10,15,19-20,22,26H,2,8-9,11-14H2,1H3,(H,32,33)/t20-,22+,26+/m0/s1. The lowest BCUT2D eigenvalue weighted by atomic mass is 9.67. The van der Waals surface area contributed by atoms with Crippen LogP contribution < -0.4 is 4.90 Å². The van der Waals surface area contributed by atoms with Crippen LogP contribution in [0.25, 0.3) is 0 Å². The number of carboxylic acids is 1. The largest absolute Gasteiger partial charge is 0.481 e. The van der Waals surface area contributed by atoms with Crippen molar-refractivity contribution < 1.29 is 23.9 Å². The molecule has 0 unspecified atom stereocenters. The lowest BCUT2D eigenvalue weighted by Gasteiger charge is -2.55. The monoisotopic (exact) mass is 464 g/mol. The Morgan fingerprint density at radius 2 is 1.76 bits per heavy atom. The number of fused-ring (bicyclic) bond motifs is 2. The fraction of sp³-hybridized carbons (Fsp3) is 0.444. The number of carboxylic acid groups (broad SMARTS) is 1. The molecule has 2 saturated carbocycles. The van der Waals surface area contributed by atoms with Crippen LogP contribution in [0.4, 0.5) is 10.1 Å². The summed E-state index contributed by atoms with van der Waals surface area (Å²) < 4.78 is 14.5. The Morgan fingerprint density at radius 3 is 2.35 bits per heavy atom. The van der Waals surface area contributed by atoms with E-state index in [0.29, 0.717) is 11.3 Å². The van der Waals surface area contributed by atoms with Crippen molar-refractivity contribution in [2.75, 3.05) is 4.90 Å². The first-order valence-electron chi connectivity index (χ1n) is 12.1. The second kappa shape index (κ2) is 8.85. The van der Waals surface area contributed by atoms with Gasteiger partial charge in [-0.05, 0) is 67.5 Å². The van der Waals surface area contributed by atoms with E-state index in [9.17, 15) is 18.8 Å². The smallest absolute Gasteiger partial charge is 0.303 e. The maximum atomic E-state index is 14.5. The summed E-state index contributed by atoms with van der Waals surface area (Å²) >= 11 is 0. The van der Waals surface area contributed by atoms with Gasteiger partial charge in [0, 0.05) is 30.0 Å². The summed E-state index contributed by atoms with van der Waals surface area (Å²) in [6.45, 7) is 2.06. The molecule has 34 heavy (non-hydrogen) atoms. The summed E-state index contributed by atoms with van der Waals surface area (Å²) in [4.78, 5) is 41.5. The van der Waals surface area contributed by atoms with Gasteiger partial charge in [-0.25, -0.2) is 4.39 Å². The number of benzene rings is 2. The summed E-state index contributed by atoms with van der Waals surface area (Å²) in [5, 5.41) is 9.08. The first-order valence-corrected chi connectivity index (χ1v) is 12.1. The Bertz CT molecular complexity index is 1130. The summed E-state index contributed by atoms with van der Waals surface area (Å²) in [5.74, 6) is -1.71. The number of rotatable bonds is 7. The highest BCUT2D eigenvalue weighted by Gasteiger charge is 2.53. The number of nitrogens with zero attached hydrogens (tertiary/aromatic N) is 2. The van der Waals surface area contributed by atoms with Gasteiger partial charge in [0.25, 0.3) is 5.91 Å².